The maximum Gasteiger partial charge on any atom is 0.226 e. The lowest BCUT2D eigenvalue weighted by Gasteiger charge is -2.14. The second kappa shape index (κ2) is 10.6. The molecule has 3 aromatic heterocycles. The molecule has 0 aliphatic heterocycles. The zero-order valence-corrected chi connectivity index (χ0v) is 25.9. The van der Waals surface area contributed by atoms with Gasteiger partial charge in [-0.15, -0.1) is 0 Å². The predicted octanol–water partition coefficient (Wildman–Crippen LogP) is 8.14. The third kappa shape index (κ3) is 4.31. The van der Waals surface area contributed by atoms with Gasteiger partial charge in [0.2, 0.25) is 11.7 Å². The number of ether oxygens (including phenoxy) is 1. The molecule has 7 nitrogen and oxygen atoms in total. The number of fused-ring (bicyclic) bond motifs is 5. The summed E-state index contributed by atoms with van der Waals surface area (Å²) in [7, 11) is 0. The first kappa shape index (κ1) is 26.7. The van der Waals surface area contributed by atoms with Crippen LogP contribution < -0.4 is 4.74 Å². The van der Waals surface area contributed by atoms with Crippen molar-refractivity contribution in [2.75, 3.05) is 6.26 Å². The molecule has 0 spiro atoms. The van der Waals surface area contributed by atoms with Crippen molar-refractivity contribution in [1.82, 2.24) is 24.5 Å². The number of aromatic nitrogens is 5. The molecular weight excluding hydrogens is 695 g/mol. The summed E-state index contributed by atoms with van der Waals surface area (Å²) < 4.78 is 22.9. The van der Waals surface area contributed by atoms with E-state index in [-0.39, 0.29) is 23.1 Å². The van der Waals surface area contributed by atoms with Crippen molar-refractivity contribution in [3.05, 3.63) is 94.7 Å². The smallest absolute Gasteiger partial charge is 0.226 e. The van der Waals surface area contributed by atoms with Crippen molar-refractivity contribution in [2.45, 2.75) is 11.8 Å². The Morgan fingerprint density at radius 2 is 1.90 bits per heavy atom. The van der Waals surface area contributed by atoms with Crippen LogP contribution >= 0.6 is 51.8 Å². The number of benzene rings is 3. The molecule has 3 heterocycles. The van der Waals surface area contributed by atoms with Crippen molar-refractivity contribution in [1.29, 1.82) is 0 Å². The molecule has 0 amide bonds. The molecule has 6 aromatic rings. The van der Waals surface area contributed by atoms with E-state index >= 15 is 0 Å². The van der Waals surface area contributed by atoms with Crippen LogP contribution in [0.4, 0.5) is 4.39 Å². The fourth-order valence-corrected chi connectivity index (χ4v) is 7.34. The van der Waals surface area contributed by atoms with E-state index in [2.05, 4.69) is 37.1 Å². The van der Waals surface area contributed by atoms with E-state index in [9.17, 15) is 9.18 Å². The second-order valence-electron chi connectivity index (χ2n) is 9.21. The largest absolute Gasteiger partial charge is 0.472 e. The predicted molar refractivity (Wildman–Crippen MR) is 170 cm³/mol. The van der Waals surface area contributed by atoms with Crippen LogP contribution in [0.2, 0.25) is 5.02 Å². The molecule has 1 unspecified atom stereocenters. The Labute approximate surface area is 257 Å². The summed E-state index contributed by atoms with van der Waals surface area (Å²) >= 11 is 10.2. The van der Waals surface area contributed by atoms with Crippen LogP contribution in [-0.2, 0) is 6.61 Å². The SMILES string of the molecule is CSc1nc(OCc2ccccc2)c2c(n1)C(=O)c1c-2ccnc1-c1c2cnn(PI)c2cc2ccc(F)c(Cl)c12. The van der Waals surface area contributed by atoms with E-state index < -0.39 is 5.82 Å². The minimum absolute atomic E-state index is 0.0391. The number of carbonyl (C=O) groups is 1. The van der Waals surface area contributed by atoms with Crippen LogP contribution in [0.25, 0.3) is 44.1 Å². The number of halogens is 3. The standard InChI is InChI=1S/C29H17ClFIN5O2PS/c1-41-29-35-26-23(28(36-29)39-13-14-5-3-2-4-6-14)16-9-10-33-25(22(16)27(26)38)21-17-12-34-37(40-32)19(17)11-15-7-8-18(31)24(30)20(15)21/h2-12,40H,13H2,1H3. The Bertz CT molecular complexity index is 2040. The third-order valence-electron chi connectivity index (χ3n) is 6.98. The fraction of sp³-hybridized carbons (Fsp3) is 0.0690. The monoisotopic (exact) mass is 711 g/mol. The van der Waals surface area contributed by atoms with Crippen LogP contribution in [0.5, 0.6) is 5.88 Å². The van der Waals surface area contributed by atoms with Crippen LogP contribution in [0.15, 0.2) is 72.1 Å². The molecule has 0 fully saturated rings. The Balaban J connectivity index is 1.49. The van der Waals surface area contributed by atoms with Crippen molar-refractivity contribution < 1.29 is 13.9 Å². The number of hydrogen-bond donors (Lipinski definition) is 0. The van der Waals surface area contributed by atoms with Crippen molar-refractivity contribution in [3.63, 3.8) is 0 Å². The molecule has 202 valence electrons. The number of carbonyl (C=O) groups excluding carboxylic acids is 1. The number of pyridine rings is 1. The average Bonchev–Trinajstić information content (AvgIpc) is 3.55. The minimum Gasteiger partial charge on any atom is -0.472 e. The zero-order valence-electron chi connectivity index (χ0n) is 21.2. The molecule has 1 atom stereocenters. The number of ketones is 1. The van der Waals surface area contributed by atoms with Gasteiger partial charge in [-0.3, -0.25) is 9.78 Å². The van der Waals surface area contributed by atoms with Gasteiger partial charge in [0, 0.05) is 28.1 Å². The highest BCUT2D eigenvalue weighted by atomic mass is 127. The highest BCUT2D eigenvalue weighted by molar-refractivity contribution is 14.2. The number of rotatable bonds is 6. The van der Waals surface area contributed by atoms with Gasteiger partial charge in [-0.25, -0.2) is 13.8 Å². The highest BCUT2D eigenvalue weighted by Gasteiger charge is 2.37. The summed E-state index contributed by atoms with van der Waals surface area (Å²) in [5.41, 5.74) is 4.44. The molecule has 0 bridgehead atoms. The van der Waals surface area contributed by atoms with Crippen molar-refractivity contribution >= 4 is 79.2 Å². The van der Waals surface area contributed by atoms with E-state index in [0.717, 1.165) is 16.5 Å². The summed E-state index contributed by atoms with van der Waals surface area (Å²) in [5.74, 6) is -0.545. The fourth-order valence-electron chi connectivity index (χ4n) is 5.18. The van der Waals surface area contributed by atoms with Crippen LogP contribution in [-0.4, -0.2) is 36.5 Å². The van der Waals surface area contributed by atoms with Crippen LogP contribution in [0.1, 0.15) is 21.6 Å². The summed E-state index contributed by atoms with van der Waals surface area (Å²) in [5, 5.41) is 6.83. The minimum atomic E-state index is -0.558. The van der Waals surface area contributed by atoms with Gasteiger partial charge in [0.05, 0.1) is 39.9 Å². The van der Waals surface area contributed by atoms with E-state index in [1.807, 2.05) is 47.1 Å². The number of thioether (sulfide) groups is 1. The summed E-state index contributed by atoms with van der Waals surface area (Å²) in [4.78, 5) is 28.0. The maximum absolute atomic E-state index is 14.9. The normalized spacial score (nSPS) is 12.5. The van der Waals surface area contributed by atoms with Gasteiger partial charge in [0.15, 0.2) is 5.16 Å². The van der Waals surface area contributed by atoms with Crippen molar-refractivity contribution in [2.24, 2.45) is 0 Å². The zero-order chi connectivity index (χ0) is 28.2. The van der Waals surface area contributed by atoms with E-state index in [1.165, 1.54) is 17.8 Å². The van der Waals surface area contributed by atoms with Gasteiger partial charge >= 0.3 is 0 Å². The van der Waals surface area contributed by atoms with Crippen LogP contribution in [0.3, 0.4) is 0 Å². The molecule has 0 saturated heterocycles. The molecule has 1 aliphatic rings. The molecule has 41 heavy (non-hydrogen) atoms. The lowest BCUT2D eigenvalue weighted by atomic mass is 9.93. The van der Waals surface area contributed by atoms with E-state index in [4.69, 9.17) is 21.3 Å². The Morgan fingerprint density at radius 3 is 2.68 bits per heavy atom. The van der Waals surface area contributed by atoms with Crippen LogP contribution in [0, 0.1) is 5.82 Å². The lowest BCUT2D eigenvalue weighted by molar-refractivity contribution is 0.103. The molecule has 7 rings (SSSR count). The molecular formula is C29H17ClFIN5O2PS. The van der Waals surface area contributed by atoms with Gasteiger partial charge in [-0.05, 0) is 57.4 Å². The van der Waals surface area contributed by atoms with Crippen molar-refractivity contribution in [3.8, 4) is 28.3 Å². The Morgan fingerprint density at radius 1 is 1.07 bits per heavy atom. The number of nitrogens with zero attached hydrogens (tertiary/aromatic N) is 5. The Kier molecular flexibility index (Phi) is 6.89. The maximum atomic E-state index is 14.9. The first-order valence-electron chi connectivity index (χ1n) is 12.3. The summed E-state index contributed by atoms with van der Waals surface area (Å²) in [6, 6.07) is 16.5. The summed E-state index contributed by atoms with van der Waals surface area (Å²) in [6.07, 6.45) is 5.52. The number of hydrogen-bond acceptors (Lipinski definition) is 7. The average molecular weight is 712 g/mol. The Hall–Kier alpha value is -3.18. The van der Waals surface area contributed by atoms with Gasteiger partial charge in [-0.1, -0.05) is 59.8 Å². The molecule has 0 saturated carbocycles. The highest BCUT2D eigenvalue weighted by Crippen LogP contribution is 2.48. The van der Waals surface area contributed by atoms with Gasteiger partial charge in [-0.2, -0.15) is 10.1 Å². The lowest BCUT2D eigenvalue weighted by Crippen LogP contribution is -2.05. The molecule has 3 aromatic carbocycles. The van der Waals surface area contributed by atoms with Gasteiger partial charge in [0.25, 0.3) is 0 Å². The van der Waals surface area contributed by atoms with Gasteiger partial charge < -0.3 is 4.74 Å². The molecule has 0 radical (unpaired) electrons. The van der Waals surface area contributed by atoms with E-state index in [0.29, 0.717) is 56.1 Å². The first-order valence-corrected chi connectivity index (χ1v) is 18.0. The van der Waals surface area contributed by atoms with E-state index in [1.54, 1.807) is 24.5 Å². The molecule has 1 aliphatic carbocycles. The van der Waals surface area contributed by atoms with Gasteiger partial charge in [0.1, 0.15) is 18.1 Å². The quantitative estimate of drug-likeness (QED) is 0.0746. The molecule has 12 heteroatoms. The summed E-state index contributed by atoms with van der Waals surface area (Å²) in [6.45, 7) is 0.272. The molecule has 0 N–H and O–H groups in total. The first-order chi connectivity index (χ1) is 20.0. The second-order valence-corrected chi connectivity index (χ2v) is 12.4. The topological polar surface area (TPSA) is 82.8 Å². The third-order valence-corrected chi connectivity index (χ3v) is 9.79.